The zero-order valence-electron chi connectivity index (χ0n) is 15.8. The highest BCUT2D eigenvalue weighted by Crippen LogP contribution is 2.41. The van der Waals surface area contributed by atoms with Crippen molar-refractivity contribution in [3.05, 3.63) is 81.4 Å². The van der Waals surface area contributed by atoms with E-state index in [-0.39, 0.29) is 0 Å². The second kappa shape index (κ2) is 8.24. The number of benzene rings is 3. The Kier molecular flexibility index (Phi) is 5.98. The lowest BCUT2D eigenvalue weighted by Gasteiger charge is -2.16. The number of ether oxygens (including phenoxy) is 2. The van der Waals surface area contributed by atoms with Gasteiger partial charge in [0.1, 0.15) is 0 Å². The molecule has 0 amide bonds. The van der Waals surface area contributed by atoms with Gasteiger partial charge in [-0.25, -0.2) is 17.6 Å². The summed E-state index contributed by atoms with van der Waals surface area (Å²) in [5.41, 5.74) is -1.04. The van der Waals surface area contributed by atoms with Crippen LogP contribution < -0.4 is 9.47 Å². The van der Waals surface area contributed by atoms with Gasteiger partial charge in [-0.3, -0.25) is 0 Å². The lowest BCUT2D eigenvalue weighted by atomic mass is 10.1. The molecule has 0 unspecified atom stereocenters. The largest absolute Gasteiger partial charge is 0.445 e. The summed E-state index contributed by atoms with van der Waals surface area (Å²) in [6.45, 7) is 1.95. The van der Waals surface area contributed by atoms with Crippen LogP contribution in [-0.2, 0) is 0 Å². The summed E-state index contributed by atoms with van der Waals surface area (Å²) in [6, 6.07) is 0.599. The smallest absolute Gasteiger partial charge is 0.208 e. The summed E-state index contributed by atoms with van der Waals surface area (Å²) in [5, 5.41) is 0. The maximum Gasteiger partial charge on any atom is 0.208 e. The fourth-order valence-electron chi connectivity index (χ4n) is 2.53. The molecular formula is C20H8F10O2. The molecule has 0 radical (unpaired) electrons. The number of halogens is 10. The van der Waals surface area contributed by atoms with Crippen molar-refractivity contribution in [3.8, 4) is 23.0 Å². The van der Waals surface area contributed by atoms with Gasteiger partial charge in [0.05, 0.1) is 0 Å². The van der Waals surface area contributed by atoms with Crippen molar-refractivity contribution in [3.63, 3.8) is 0 Å². The van der Waals surface area contributed by atoms with Crippen molar-refractivity contribution in [1.29, 1.82) is 0 Å². The minimum Gasteiger partial charge on any atom is -0.445 e. The zero-order chi connectivity index (χ0) is 24.1. The zero-order valence-corrected chi connectivity index (χ0v) is 15.8. The van der Waals surface area contributed by atoms with E-state index < -0.39 is 92.3 Å². The topological polar surface area (TPSA) is 18.5 Å². The summed E-state index contributed by atoms with van der Waals surface area (Å²) in [6.07, 6.45) is 0. The van der Waals surface area contributed by atoms with Crippen molar-refractivity contribution in [2.45, 2.75) is 13.8 Å². The third-order valence-corrected chi connectivity index (χ3v) is 4.41. The van der Waals surface area contributed by atoms with Gasteiger partial charge in [-0.1, -0.05) is 0 Å². The average molecular weight is 470 g/mol. The molecule has 0 saturated heterocycles. The molecule has 0 spiro atoms. The van der Waals surface area contributed by atoms with Gasteiger partial charge in [0.15, 0.2) is 23.3 Å². The molecular weight excluding hydrogens is 462 g/mol. The third kappa shape index (κ3) is 3.59. The Bertz CT molecular complexity index is 1200. The van der Waals surface area contributed by atoms with Crippen LogP contribution in [0.1, 0.15) is 11.1 Å². The van der Waals surface area contributed by atoms with Gasteiger partial charge in [0, 0.05) is 0 Å². The molecule has 0 aliphatic carbocycles. The molecule has 0 aromatic heterocycles. The van der Waals surface area contributed by atoms with E-state index in [2.05, 4.69) is 9.47 Å². The summed E-state index contributed by atoms with van der Waals surface area (Å²) >= 11 is 0. The first-order valence-corrected chi connectivity index (χ1v) is 8.37. The van der Waals surface area contributed by atoms with E-state index in [4.69, 9.17) is 0 Å². The molecule has 0 atom stereocenters. The van der Waals surface area contributed by atoms with Crippen molar-refractivity contribution >= 4 is 0 Å². The van der Waals surface area contributed by atoms with Crippen molar-refractivity contribution in [1.82, 2.24) is 0 Å². The average Bonchev–Trinajstić information content (AvgIpc) is 2.76. The molecule has 32 heavy (non-hydrogen) atoms. The van der Waals surface area contributed by atoms with E-state index >= 15 is 0 Å². The van der Waals surface area contributed by atoms with Crippen LogP contribution in [0, 0.1) is 72.0 Å². The first-order chi connectivity index (χ1) is 14.9. The standard InChI is InChI=1S/C20H8F10O2/c1-5-6(2)10(24)18(12(26)9(5)23)32-20-15(29)13(27)19(14(28)16(20)30)31-17-8(22)4-3-7(21)11(17)25/h3-4H,1-2H3. The van der Waals surface area contributed by atoms with Crippen molar-refractivity contribution < 1.29 is 53.4 Å². The van der Waals surface area contributed by atoms with E-state index in [0.29, 0.717) is 12.1 Å². The molecule has 3 aromatic carbocycles. The normalized spacial score (nSPS) is 11.1. The van der Waals surface area contributed by atoms with E-state index in [9.17, 15) is 43.9 Å². The van der Waals surface area contributed by atoms with E-state index in [1.807, 2.05) is 0 Å². The monoisotopic (exact) mass is 470 g/mol. The van der Waals surface area contributed by atoms with Crippen LogP contribution in [0.3, 0.4) is 0 Å². The van der Waals surface area contributed by atoms with Gasteiger partial charge in [0.2, 0.25) is 57.9 Å². The van der Waals surface area contributed by atoms with Gasteiger partial charge in [0.25, 0.3) is 0 Å². The highest BCUT2D eigenvalue weighted by atomic mass is 19.2. The maximum absolute atomic E-state index is 14.3. The molecule has 0 saturated carbocycles. The van der Waals surface area contributed by atoms with Crippen molar-refractivity contribution in [2.24, 2.45) is 0 Å². The Morgan fingerprint density at radius 3 is 1.25 bits per heavy atom. The van der Waals surface area contributed by atoms with E-state index in [1.165, 1.54) is 0 Å². The van der Waals surface area contributed by atoms with E-state index in [1.54, 1.807) is 0 Å². The van der Waals surface area contributed by atoms with Crippen LogP contribution in [0.15, 0.2) is 12.1 Å². The van der Waals surface area contributed by atoms with E-state index in [0.717, 1.165) is 13.8 Å². The predicted molar refractivity (Wildman–Crippen MR) is 88.5 cm³/mol. The molecule has 3 aromatic rings. The summed E-state index contributed by atoms with van der Waals surface area (Å²) in [4.78, 5) is 0. The molecule has 0 aliphatic rings. The fourth-order valence-corrected chi connectivity index (χ4v) is 2.53. The molecule has 0 fully saturated rings. The van der Waals surface area contributed by atoms with Crippen LogP contribution in [0.4, 0.5) is 43.9 Å². The molecule has 0 bridgehead atoms. The number of rotatable bonds is 4. The molecule has 3 rings (SSSR count). The second-order valence-electron chi connectivity index (χ2n) is 6.31. The third-order valence-electron chi connectivity index (χ3n) is 4.41. The molecule has 2 nitrogen and oxygen atoms in total. The number of hydrogen-bond acceptors (Lipinski definition) is 2. The van der Waals surface area contributed by atoms with Crippen LogP contribution in [0.25, 0.3) is 0 Å². The Morgan fingerprint density at radius 2 is 0.750 bits per heavy atom. The molecule has 12 heteroatoms. The molecule has 0 N–H and O–H groups in total. The van der Waals surface area contributed by atoms with Gasteiger partial charge in [-0.05, 0) is 37.1 Å². The lowest BCUT2D eigenvalue weighted by Crippen LogP contribution is -2.08. The van der Waals surface area contributed by atoms with Crippen LogP contribution >= 0.6 is 0 Å². The maximum atomic E-state index is 14.3. The Labute approximate surface area is 172 Å². The lowest BCUT2D eigenvalue weighted by molar-refractivity contribution is 0.303. The molecule has 170 valence electrons. The first kappa shape index (κ1) is 23.2. The van der Waals surface area contributed by atoms with Gasteiger partial charge < -0.3 is 9.47 Å². The van der Waals surface area contributed by atoms with Gasteiger partial charge in [-0.2, -0.15) is 26.3 Å². The first-order valence-electron chi connectivity index (χ1n) is 8.37. The Morgan fingerprint density at radius 1 is 0.406 bits per heavy atom. The van der Waals surface area contributed by atoms with Crippen molar-refractivity contribution in [2.75, 3.05) is 0 Å². The highest BCUT2D eigenvalue weighted by molar-refractivity contribution is 5.46. The SMILES string of the molecule is Cc1c(C)c(F)c(Oc2c(F)c(F)c(Oc3c(F)ccc(F)c3F)c(F)c2F)c(F)c1F. The van der Waals surface area contributed by atoms with Gasteiger partial charge >= 0.3 is 0 Å². The van der Waals surface area contributed by atoms with Crippen LogP contribution in [0.5, 0.6) is 23.0 Å². The predicted octanol–water partition coefficient (Wildman–Crippen LogP) is 7.28. The molecule has 0 heterocycles. The quantitative estimate of drug-likeness (QED) is 0.295. The molecule has 0 aliphatic heterocycles. The number of hydrogen-bond donors (Lipinski definition) is 0. The van der Waals surface area contributed by atoms with Crippen LogP contribution in [0.2, 0.25) is 0 Å². The second-order valence-corrected chi connectivity index (χ2v) is 6.31. The minimum absolute atomic E-state index is 0.299. The highest BCUT2D eigenvalue weighted by Gasteiger charge is 2.32. The minimum atomic E-state index is -2.45. The van der Waals surface area contributed by atoms with Gasteiger partial charge in [-0.15, -0.1) is 0 Å². The Balaban J connectivity index is 2.15. The Hall–Kier alpha value is -3.44. The van der Waals surface area contributed by atoms with Crippen LogP contribution in [-0.4, -0.2) is 0 Å². The summed E-state index contributed by atoms with van der Waals surface area (Å²) in [5.74, 6) is -28.1. The fraction of sp³-hybridized carbons (Fsp3) is 0.100. The summed E-state index contributed by atoms with van der Waals surface area (Å²) in [7, 11) is 0. The summed E-state index contributed by atoms with van der Waals surface area (Å²) < 4.78 is 148.